The molecule has 110 valence electrons. The highest BCUT2D eigenvalue weighted by Gasteiger charge is 2.12. The molecule has 3 heterocycles. The molecular weight excluding hydrogens is 306 g/mol. The number of fused-ring (bicyclic) bond motifs is 1. The van der Waals surface area contributed by atoms with Crippen molar-refractivity contribution in [3.05, 3.63) is 18.3 Å². The second kappa shape index (κ2) is 6.35. The number of anilines is 1. The zero-order valence-corrected chi connectivity index (χ0v) is 13.4. The van der Waals surface area contributed by atoms with Gasteiger partial charge in [0.25, 0.3) is 0 Å². The number of hydrogen-bond acceptors (Lipinski definition) is 8. The van der Waals surface area contributed by atoms with Gasteiger partial charge in [-0.1, -0.05) is 18.7 Å². The van der Waals surface area contributed by atoms with E-state index in [-0.39, 0.29) is 0 Å². The summed E-state index contributed by atoms with van der Waals surface area (Å²) in [5.41, 5.74) is 0.844. The molecule has 3 aromatic rings. The van der Waals surface area contributed by atoms with Gasteiger partial charge in [0, 0.05) is 13.6 Å². The summed E-state index contributed by atoms with van der Waals surface area (Å²) in [6, 6.07) is 0. The highest BCUT2D eigenvalue weighted by atomic mass is 32.2. The van der Waals surface area contributed by atoms with Gasteiger partial charge in [-0.05, 0) is 18.0 Å². The average Bonchev–Trinajstić information content (AvgIpc) is 3.13. The lowest BCUT2D eigenvalue weighted by Crippen LogP contribution is -2.06. The molecule has 9 heteroatoms. The molecule has 21 heavy (non-hydrogen) atoms. The van der Waals surface area contributed by atoms with E-state index in [4.69, 9.17) is 0 Å². The molecule has 0 amide bonds. The predicted octanol–water partition coefficient (Wildman–Crippen LogP) is 2.33. The summed E-state index contributed by atoms with van der Waals surface area (Å²) in [5.74, 6) is 2.28. The van der Waals surface area contributed by atoms with Crippen LogP contribution in [-0.4, -0.2) is 35.7 Å². The monoisotopic (exact) mass is 321 g/mol. The molecule has 0 aliphatic rings. The molecule has 0 fully saturated rings. The van der Waals surface area contributed by atoms with Gasteiger partial charge in [0.05, 0.1) is 17.3 Å². The summed E-state index contributed by atoms with van der Waals surface area (Å²) in [4.78, 5) is 13.4. The standard InChI is InChI=1S/C12H15N7S2/c1-3-4-13-10-8-5-15-19(2)11(8)18-9(17-10)6-20-12-14-7-16-21-12/h5,7H,3-4,6H2,1-2H3,(H,13,17,18). The van der Waals surface area contributed by atoms with Crippen molar-refractivity contribution in [2.45, 2.75) is 23.4 Å². The van der Waals surface area contributed by atoms with Crippen molar-refractivity contribution in [2.75, 3.05) is 11.9 Å². The molecule has 0 radical (unpaired) electrons. The van der Waals surface area contributed by atoms with Crippen molar-refractivity contribution < 1.29 is 0 Å². The van der Waals surface area contributed by atoms with Crippen molar-refractivity contribution in [2.24, 2.45) is 7.05 Å². The quantitative estimate of drug-likeness (QED) is 0.698. The molecule has 0 aliphatic carbocycles. The number of hydrogen-bond donors (Lipinski definition) is 1. The van der Waals surface area contributed by atoms with E-state index < -0.39 is 0 Å². The van der Waals surface area contributed by atoms with E-state index in [0.717, 1.165) is 40.0 Å². The lowest BCUT2D eigenvalue weighted by molar-refractivity contribution is 0.782. The molecule has 0 spiro atoms. The first-order valence-corrected chi connectivity index (χ1v) is 8.35. The molecule has 7 nitrogen and oxygen atoms in total. The Kier molecular flexibility index (Phi) is 4.30. The van der Waals surface area contributed by atoms with Crippen molar-refractivity contribution >= 4 is 40.1 Å². The van der Waals surface area contributed by atoms with E-state index in [2.05, 4.69) is 36.7 Å². The average molecular weight is 321 g/mol. The van der Waals surface area contributed by atoms with Crippen molar-refractivity contribution in [1.29, 1.82) is 0 Å². The second-order valence-corrected chi connectivity index (χ2v) is 6.42. The van der Waals surface area contributed by atoms with Crippen molar-refractivity contribution in [1.82, 2.24) is 29.1 Å². The van der Waals surface area contributed by atoms with Gasteiger partial charge in [-0.15, -0.1) is 0 Å². The van der Waals surface area contributed by atoms with Gasteiger partial charge < -0.3 is 5.32 Å². The maximum Gasteiger partial charge on any atom is 0.170 e. The molecule has 0 saturated carbocycles. The Morgan fingerprint density at radius 2 is 2.29 bits per heavy atom. The van der Waals surface area contributed by atoms with Crippen LogP contribution in [0.3, 0.4) is 0 Å². The largest absolute Gasteiger partial charge is 0.369 e. The number of thioether (sulfide) groups is 1. The molecule has 0 aliphatic heterocycles. The molecule has 0 atom stereocenters. The summed E-state index contributed by atoms with van der Waals surface area (Å²) in [6.07, 6.45) is 4.40. The van der Waals surface area contributed by atoms with E-state index in [9.17, 15) is 0 Å². The Labute approximate surface area is 130 Å². The van der Waals surface area contributed by atoms with E-state index in [0.29, 0.717) is 5.75 Å². The van der Waals surface area contributed by atoms with E-state index in [1.54, 1.807) is 29.0 Å². The van der Waals surface area contributed by atoms with Gasteiger partial charge in [0.1, 0.15) is 18.0 Å². The zero-order chi connectivity index (χ0) is 14.7. The van der Waals surface area contributed by atoms with Crippen LogP contribution in [0.25, 0.3) is 11.0 Å². The van der Waals surface area contributed by atoms with Crippen LogP contribution >= 0.6 is 23.3 Å². The molecule has 0 aromatic carbocycles. The number of rotatable bonds is 6. The number of nitrogens with zero attached hydrogens (tertiary/aromatic N) is 6. The fourth-order valence-corrected chi connectivity index (χ4v) is 3.16. The van der Waals surface area contributed by atoms with E-state index >= 15 is 0 Å². The molecule has 1 N–H and O–H groups in total. The fourth-order valence-electron chi connectivity index (χ4n) is 1.86. The van der Waals surface area contributed by atoms with E-state index in [1.165, 1.54) is 11.5 Å². The highest BCUT2D eigenvalue weighted by molar-refractivity contribution is 8.00. The van der Waals surface area contributed by atoms with Crippen LogP contribution in [0.4, 0.5) is 5.82 Å². The van der Waals surface area contributed by atoms with Gasteiger partial charge in [-0.3, -0.25) is 4.68 Å². The molecule has 3 rings (SSSR count). The molecule has 0 bridgehead atoms. The van der Waals surface area contributed by atoms with Crippen LogP contribution in [0.1, 0.15) is 19.2 Å². The lowest BCUT2D eigenvalue weighted by atomic mass is 10.3. The maximum absolute atomic E-state index is 4.61. The van der Waals surface area contributed by atoms with Gasteiger partial charge in [0.2, 0.25) is 0 Å². The van der Waals surface area contributed by atoms with E-state index in [1.807, 2.05) is 7.05 Å². The fraction of sp³-hybridized carbons (Fsp3) is 0.417. The van der Waals surface area contributed by atoms with Gasteiger partial charge in [-0.2, -0.15) is 9.47 Å². The summed E-state index contributed by atoms with van der Waals surface area (Å²) >= 11 is 2.97. The minimum atomic E-state index is 0.664. The molecule has 0 saturated heterocycles. The Morgan fingerprint density at radius 1 is 1.38 bits per heavy atom. The summed E-state index contributed by atoms with van der Waals surface area (Å²) in [5, 5.41) is 8.56. The van der Waals surface area contributed by atoms with Crippen LogP contribution < -0.4 is 5.32 Å². The second-order valence-electron chi connectivity index (χ2n) is 4.42. The minimum Gasteiger partial charge on any atom is -0.369 e. The lowest BCUT2D eigenvalue weighted by Gasteiger charge is -2.07. The zero-order valence-electron chi connectivity index (χ0n) is 11.8. The van der Waals surface area contributed by atoms with Crippen molar-refractivity contribution in [3.63, 3.8) is 0 Å². The Morgan fingerprint density at radius 3 is 3.05 bits per heavy atom. The maximum atomic E-state index is 4.61. The van der Waals surface area contributed by atoms with Crippen LogP contribution in [-0.2, 0) is 12.8 Å². The van der Waals surface area contributed by atoms with Crippen LogP contribution in [0.5, 0.6) is 0 Å². The summed E-state index contributed by atoms with van der Waals surface area (Å²) in [7, 11) is 1.89. The molecule has 3 aromatic heterocycles. The Hall–Kier alpha value is -1.74. The third-order valence-corrected chi connectivity index (χ3v) is 4.64. The SMILES string of the molecule is CCCNc1nc(CSc2ncns2)nc2c1cnn2C. The number of nitrogens with one attached hydrogen (secondary N) is 1. The Balaban J connectivity index is 1.88. The Bertz CT molecular complexity index is 723. The summed E-state index contributed by atoms with van der Waals surface area (Å²) in [6.45, 7) is 3.00. The number of aromatic nitrogens is 6. The minimum absolute atomic E-state index is 0.664. The van der Waals surface area contributed by atoms with Crippen LogP contribution in [0.2, 0.25) is 0 Å². The first-order chi connectivity index (χ1) is 10.3. The molecule has 0 unspecified atom stereocenters. The first kappa shape index (κ1) is 14.2. The van der Waals surface area contributed by atoms with Gasteiger partial charge >= 0.3 is 0 Å². The number of aryl methyl sites for hydroxylation is 1. The highest BCUT2D eigenvalue weighted by Crippen LogP contribution is 2.25. The topological polar surface area (TPSA) is 81.4 Å². The first-order valence-electron chi connectivity index (χ1n) is 6.60. The third-order valence-electron chi connectivity index (χ3n) is 2.85. The van der Waals surface area contributed by atoms with Crippen molar-refractivity contribution in [3.8, 4) is 0 Å². The normalized spacial score (nSPS) is 11.1. The summed E-state index contributed by atoms with van der Waals surface area (Å²) < 4.78 is 6.68. The third kappa shape index (κ3) is 3.13. The predicted molar refractivity (Wildman–Crippen MR) is 84.6 cm³/mol. The molecular formula is C12H15N7S2. The smallest absolute Gasteiger partial charge is 0.170 e. The van der Waals surface area contributed by atoms with Gasteiger partial charge in [-0.25, -0.2) is 15.0 Å². The van der Waals surface area contributed by atoms with Gasteiger partial charge in [0.15, 0.2) is 9.99 Å². The van der Waals surface area contributed by atoms with Crippen LogP contribution in [0.15, 0.2) is 16.9 Å². The van der Waals surface area contributed by atoms with Crippen LogP contribution in [0, 0.1) is 0 Å².